The van der Waals surface area contributed by atoms with Gasteiger partial charge in [0, 0.05) is 15.4 Å². The molecule has 5 unspecified atom stereocenters. The summed E-state index contributed by atoms with van der Waals surface area (Å²) in [5, 5.41) is 3.68. The van der Waals surface area contributed by atoms with E-state index in [4.69, 9.17) is 4.74 Å². The Kier molecular flexibility index (Phi) is 3.71. The van der Waals surface area contributed by atoms with Gasteiger partial charge in [0.2, 0.25) is 0 Å². The maximum Gasteiger partial charge on any atom is 0.0596 e. The highest BCUT2D eigenvalue weighted by atomic mass is 79.9. The van der Waals surface area contributed by atoms with Gasteiger partial charge in [0.1, 0.15) is 0 Å². The number of fused-ring (bicyclic) bond motifs is 1. The van der Waals surface area contributed by atoms with Crippen LogP contribution in [0.1, 0.15) is 31.2 Å². The molecule has 0 spiro atoms. The van der Waals surface area contributed by atoms with Crippen LogP contribution in [0.25, 0.3) is 10.1 Å². The van der Waals surface area contributed by atoms with E-state index in [1.807, 2.05) is 11.3 Å². The molecule has 2 heterocycles. The third-order valence-electron chi connectivity index (χ3n) is 4.46. The Hall–Kier alpha value is -0.380. The fourth-order valence-corrected chi connectivity index (χ4v) is 5.68. The molecule has 1 aromatic carbocycles. The summed E-state index contributed by atoms with van der Waals surface area (Å²) < 4.78 is 7.36. The van der Waals surface area contributed by atoms with E-state index in [9.17, 15) is 0 Å². The molecule has 0 N–H and O–H groups in total. The lowest BCUT2D eigenvalue weighted by molar-refractivity contribution is 0.0511. The van der Waals surface area contributed by atoms with Crippen molar-refractivity contribution in [1.82, 2.24) is 0 Å². The molecule has 1 saturated heterocycles. The molecule has 3 rings (SSSR count). The summed E-state index contributed by atoms with van der Waals surface area (Å²) >= 11 is 5.78. The van der Waals surface area contributed by atoms with Gasteiger partial charge in [-0.1, -0.05) is 41.1 Å². The number of rotatable bonds is 2. The van der Waals surface area contributed by atoms with Crippen LogP contribution in [-0.2, 0) is 4.74 Å². The van der Waals surface area contributed by atoms with Crippen LogP contribution in [0.15, 0.2) is 29.6 Å². The molecular formula is C16H19BrOS. The summed E-state index contributed by atoms with van der Waals surface area (Å²) in [5.41, 5.74) is 1.42. The number of ether oxygens (including phenoxy) is 1. The second-order valence-electron chi connectivity index (χ2n) is 5.57. The van der Waals surface area contributed by atoms with Gasteiger partial charge in [0.25, 0.3) is 0 Å². The van der Waals surface area contributed by atoms with Gasteiger partial charge in [-0.2, -0.15) is 0 Å². The number of hydrogen-bond donors (Lipinski definition) is 0. The van der Waals surface area contributed by atoms with Gasteiger partial charge in [-0.3, -0.25) is 0 Å². The van der Waals surface area contributed by atoms with E-state index in [-0.39, 0.29) is 0 Å². The lowest BCUT2D eigenvalue weighted by Gasteiger charge is -2.24. The third kappa shape index (κ3) is 2.26. The zero-order chi connectivity index (χ0) is 13.6. The number of thiophene rings is 1. The van der Waals surface area contributed by atoms with E-state index in [1.54, 1.807) is 0 Å². The van der Waals surface area contributed by atoms with Crippen LogP contribution < -0.4 is 0 Å². The molecule has 5 atom stereocenters. The third-order valence-corrected chi connectivity index (χ3v) is 6.55. The van der Waals surface area contributed by atoms with Crippen LogP contribution in [-0.4, -0.2) is 12.2 Å². The Labute approximate surface area is 127 Å². The van der Waals surface area contributed by atoms with Crippen molar-refractivity contribution in [1.29, 1.82) is 0 Å². The van der Waals surface area contributed by atoms with E-state index in [0.717, 1.165) is 0 Å². The van der Waals surface area contributed by atoms with Crippen molar-refractivity contribution in [2.45, 2.75) is 37.8 Å². The fourth-order valence-electron chi connectivity index (χ4n) is 3.22. The van der Waals surface area contributed by atoms with Gasteiger partial charge in [-0.25, -0.2) is 0 Å². The first-order valence-electron chi connectivity index (χ1n) is 6.85. The van der Waals surface area contributed by atoms with E-state index in [0.29, 0.717) is 28.9 Å². The van der Waals surface area contributed by atoms with E-state index >= 15 is 0 Å². The second kappa shape index (κ2) is 5.19. The Balaban J connectivity index is 1.98. The summed E-state index contributed by atoms with van der Waals surface area (Å²) in [6.45, 7) is 6.70. The molecule has 1 aliphatic heterocycles. The van der Waals surface area contributed by atoms with Gasteiger partial charge in [-0.05, 0) is 42.2 Å². The lowest BCUT2D eigenvalue weighted by Crippen LogP contribution is -2.21. The summed E-state index contributed by atoms with van der Waals surface area (Å²) in [7, 11) is 0. The molecule has 0 radical (unpaired) electrons. The molecule has 0 aliphatic carbocycles. The van der Waals surface area contributed by atoms with E-state index in [2.05, 4.69) is 66.3 Å². The number of hydrogen-bond acceptors (Lipinski definition) is 2. The highest BCUT2D eigenvalue weighted by molar-refractivity contribution is 9.09. The average Bonchev–Trinajstić information content (AvgIpc) is 2.91. The normalized spacial score (nSPS) is 32.8. The predicted molar refractivity (Wildman–Crippen MR) is 86.2 cm³/mol. The van der Waals surface area contributed by atoms with Crippen LogP contribution in [0.4, 0.5) is 0 Å². The van der Waals surface area contributed by atoms with Crippen molar-refractivity contribution in [3.63, 3.8) is 0 Å². The molecule has 19 heavy (non-hydrogen) atoms. The molecule has 2 aromatic rings. The minimum absolute atomic E-state index is 0.313. The molecule has 102 valence electrons. The topological polar surface area (TPSA) is 9.23 Å². The molecule has 0 saturated carbocycles. The molecule has 1 aromatic heterocycles. The summed E-state index contributed by atoms with van der Waals surface area (Å²) in [5.74, 6) is 1.12. The highest BCUT2D eigenvalue weighted by Gasteiger charge is 2.41. The number of benzene rings is 1. The Bertz CT molecular complexity index is 579. The molecule has 3 heteroatoms. The Morgan fingerprint density at radius 1 is 1.16 bits per heavy atom. The Morgan fingerprint density at radius 3 is 2.58 bits per heavy atom. The molecule has 1 fully saturated rings. The van der Waals surface area contributed by atoms with Crippen molar-refractivity contribution < 1.29 is 4.74 Å². The van der Waals surface area contributed by atoms with Crippen molar-refractivity contribution in [3.8, 4) is 0 Å². The van der Waals surface area contributed by atoms with Gasteiger partial charge in [0.05, 0.1) is 12.2 Å². The zero-order valence-electron chi connectivity index (χ0n) is 11.5. The number of halogens is 1. The molecule has 1 nitrogen and oxygen atoms in total. The van der Waals surface area contributed by atoms with Crippen LogP contribution >= 0.6 is 27.3 Å². The van der Waals surface area contributed by atoms with Crippen molar-refractivity contribution in [2.75, 3.05) is 0 Å². The average molecular weight is 339 g/mol. The van der Waals surface area contributed by atoms with Crippen LogP contribution in [0.2, 0.25) is 0 Å². The molecular weight excluding hydrogens is 320 g/mol. The second-order valence-corrected chi connectivity index (χ2v) is 7.47. The summed E-state index contributed by atoms with van der Waals surface area (Å²) in [4.78, 5) is 0.374. The monoisotopic (exact) mass is 338 g/mol. The molecule has 1 aliphatic rings. The first kappa shape index (κ1) is 13.6. The lowest BCUT2D eigenvalue weighted by atomic mass is 9.84. The minimum Gasteiger partial charge on any atom is -0.375 e. The molecule has 0 bridgehead atoms. The zero-order valence-corrected chi connectivity index (χ0v) is 13.9. The van der Waals surface area contributed by atoms with Crippen molar-refractivity contribution >= 4 is 37.4 Å². The van der Waals surface area contributed by atoms with Crippen molar-refractivity contribution in [3.05, 3.63) is 35.2 Å². The van der Waals surface area contributed by atoms with Crippen molar-refractivity contribution in [2.24, 2.45) is 11.8 Å². The SMILES string of the molecule is CC1OC(C)C(C(Br)c2csc3ccccc23)C1C. The highest BCUT2D eigenvalue weighted by Crippen LogP contribution is 2.47. The maximum absolute atomic E-state index is 5.99. The quantitative estimate of drug-likeness (QED) is 0.666. The maximum atomic E-state index is 5.99. The molecule has 0 amide bonds. The van der Waals surface area contributed by atoms with Gasteiger partial charge < -0.3 is 4.74 Å². The van der Waals surface area contributed by atoms with Gasteiger partial charge >= 0.3 is 0 Å². The first-order chi connectivity index (χ1) is 9.09. The largest absolute Gasteiger partial charge is 0.375 e. The predicted octanol–water partition coefficient (Wildman–Crippen LogP) is 5.40. The summed E-state index contributed by atoms with van der Waals surface area (Å²) in [6, 6.07) is 8.66. The standard InChI is InChI=1S/C16H19BrOS/c1-9-10(2)18-11(3)15(9)16(17)13-8-19-14-7-5-4-6-12(13)14/h4-11,15-16H,1-3H3. The smallest absolute Gasteiger partial charge is 0.0596 e. The van der Waals surface area contributed by atoms with Gasteiger partial charge in [0.15, 0.2) is 0 Å². The minimum atomic E-state index is 0.313. The van der Waals surface area contributed by atoms with Gasteiger partial charge in [-0.15, -0.1) is 11.3 Å². The van der Waals surface area contributed by atoms with Crippen LogP contribution in [0.3, 0.4) is 0 Å². The number of alkyl halides is 1. The first-order valence-corrected chi connectivity index (χ1v) is 8.64. The Morgan fingerprint density at radius 2 is 1.89 bits per heavy atom. The summed E-state index contributed by atoms with van der Waals surface area (Å²) in [6.07, 6.45) is 0.665. The fraction of sp³-hybridized carbons (Fsp3) is 0.500. The van der Waals surface area contributed by atoms with Crippen LogP contribution in [0.5, 0.6) is 0 Å². The van der Waals surface area contributed by atoms with E-state index in [1.165, 1.54) is 15.6 Å². The van der Waals surface area contributed by atoms with E-state index < -0.39 is 0 Å². The van der Waals surface area contributed by atoms with Crippen LogP contribution in [0, 0.1) is 11.8 Å².